The Labute approximate surface area is 473 Å². The number of aromatic nitrogens is 4. The van der Waals surface area contributed by atoms with Crippen LogP contribution in [-0.2, 0) is 0 Å². The molecule has 382 valence electrons. The van der Waals surface area contributed by atoms with E-state index in [0.29, 0.717) is 17.5 Å². The zero-order chi connectivity index (χ0) is 54.1. The van der Waals surface area contributed by atoms with Crippen LogP contribution in [0, 0.1) is 0 Å². The monoisotopic (exact) mass is 1040 g/mol. The molecule has 5 heteroatoms. The number of para-hydroxylation sites is 1. The van der Waals surface area contributed by atoms with Crippen LogP contribution in [0.25, 0.3) is 161 Å². The molecule has 16 rings (SSSR count). The van der Waals surface area contributed by atoms with Crippen molar-refractivity contribution in [2.75, 3.05) is 0 Å². The Balaban J connectivity index is 0.875. The van der Waals surface area contributed by atoms with E-state index in [-0.39, 0.29) is 0 Å². The predicted molar refractivity (Wildman–Crippen MR) is 340 cm³/mol. The van der Waals surface area contributed by atoms with Gasteiger partial charge >= 0.3 is 0 Å². The topological polar surface area (TPSA) is 56.7 Å². The SMILES string of the molecule is c1ccc(-c2ccc(-c3ccc(-c4nc(-c5ccc(-c6ccc(-c7ccccc7)cc6)cc5)nc(-c5ccc(-n6c7cc8ccccc8cc7c7c8ccccc8ccc76)cc5-c5ccc6c(c5)oc5ccccc56)n4)cc3)cc2)cc1. The summed E-state index contributed by atoms with van der Waals surface area (Å²) in [5.41, 5.74) is 18.8. The third-order valence-corrected chi connectivity index (χ3v) is 16.3. The van der Waals surface area contributed by atoms with Gasteiger partial charge in [-0.2, -0.15) is 0 Å². The van der Waals surface area contributed by atoms with Gasteiger partial charge in [-0.25, -0.2) is 15.0 Å². The van der Waals surface area contributed by atoms with Crippen LogP contribution in [0.5, 0.6) is 0 Å². The maximum Gasteiger partial charge on any atom is 0.164 e. The van der Waals surface area contributed by atoms with E-state index >= 15 is 0 Å². The Hall–Kier alpha value is -11.0. The van der Waals surface area contributed by atoms with E-state index in [1.165, 1.54) is 54.6 Å². The van der Waals surface area contributed by atoms with Crippen LogP contribution in [0.3, 0.4) is 0 Å². The minimum atomic E-state index is 0.562. The molecule has 3 aromatic heterocycles. The first-order valence-corrected chi connectivity index (χ1v) is 27.8. The first kappa shape index (κ1) is 47.0. The van der Waals surface area contributed by atoms with Crippen molar-refractivity contribution in [3.05, 3.63) is 291 Å². The smallest absolute Gasteiger partial charge is 0.164 e. The molecule has 0 bridgehead atoms. The summed E-state index contributed by atoms with van der Waals surface area (Å²) in [5, 5.41) is 9.40. The molecule has 0 aliphatic rings. The number of hydrogen-bond acceptors (Lipinski definition) is 4. The second-order valence-electron chi connectivity index (χ2n) is 21.1. The maximum absolute atomic E-state index is 6.60. The highest BCUT2D eigenvalue weighted by molar-refractivity contribution is 6.23. The van der Waals surface area contributed by atoms with Gasteiger partial charge in [-0.1, -0.05) is 237 Å². The summed E-state index contributed by atoms with van der Waals surface area (Å²) in [6.45, 7) is 0. The van der Waals surface area contributed by atoms with E-state index in [2.05, 4.69) is 284 Å². The van der Waals surface area contributed by atoms with Crippen molar-refractivity contribution in [3.8, 4) is 95.5 Å². The molecule has 0 radical (unpaired) electrons. The lowest BCUT2D eigenvalue weighted by Crippen LogP contribution is -2.02. The molecule has 0 atom stereocenters. The lowest BCUT2D eigenvalue weighted by Gasteiger charge is -2.16. The summed E-state index contributed by atoms with van der Waals surface area (Å²) in [6, 6.07) is 104. The van der Waals surface area contributed by atoms with Gasteiger partial charge in [0.15, 0.2) is 17.5 Å². The lowest BCUT2D eigenvalue weighted by molar-refractivity contribution is 0.669. The minimum Gasteiger partial charge on any atom is -0.456 e. The Kier molecular flexibility index (Phi) is 11.1. The van der Waals surface area contributed by atoms with Gasteiger partial charge in [-0.15, -0.1) is 0 Å². The van der Waals surface area contributed by atoms with E-state index in [9.17, 15) is 0 Å². The molecule has 0 amide bonds. The lowest BCUT2D eigenvalue weighted by atomic mass is 9.96. The van der Waals surface area contributed by atoms with Gasteiger partial charge in [0.2, 0.25) is 0 Å². The first-order valence-electron chi connectivity index (χ1n) is 27.8. The summed E-state index contributed by atoms with van der Waals surface area (Å²) in [4.78, 5) is 16.2. The van der Waals surface area contributed by atoms with Crippen LogP contribution in [0.1, 0.15) is 0 Å². The highest BCUT2D eigenvalue weighted by Crippen LogP contribution is 2.43. The van der Waals surface area contributed by atoms with Crippen molar-refractivity contribution in [2.45, 2.75) is 0 Å². The van der Waals surface area contributed by atoms with E-state index in [1.54, 1.807) is 0 Å². The highest BCUT2D eigenvalue weighted by Gasteiger charge is 2.22. The quantitative estimate of drug-likeness (QED) is 0.145. The Morgan fingerprint density at radius 2 is 0.695 bits per heavy atom. The van der Waals surface area contributed by atoms with Gasteiger partial charge in [-0.3, -0.25) is 0 Å². The van der Waals surface area contributed by atoms with Gasteiger partial charge in [0, 0.05) is 43.9 Å². The fourth-order valence-corrected chi connectivity index (χ4v) is 12.1. The van der Waals surface area contributed by atoms with Crippen molar-refractivity contribution in [1.29, 1.82) is 0 Å². The maximum atomic E-state index is 6.60. The Morgan fingerprint density at radius 3 is 1.28 bits per heavy atom. The Morgan fingerprint density at radius 1 is 0.244 bits per heavy atom. The Bertz CT molecular complexity index is 4960. The minimum absolute atomic E-state index is 0.562. The van der Waals surface area contributed by atoms with Gasteiger partial charge < -0.3 is 8.98 Å². The van der Waals surface area contributed by atoms with E-state index in [0.717, 1.165) is 88.7 Å². The fraction of sp³-hybridized carbons (Fsp3) is 0. The first-order chi connectivity index (χ1) is 40.6. The highest BCUT2D eigenvalue weighted by atomic mass is 16.3. The van der Waals surface area contributed by atoms with Crippen LogP contribution in [0.2, 0.25) is 0 Å². The molecule has 0 unspecified atom stereocenters. The second kappa shape index (κ2) is 19.4. The average molecular weight is 1050 g/mol. The number of furan rings is 1. The van der Waals surface area contributed by atoms with Gasteiger partial charge in [0.25, 0.3) is 0 Å². The summed E-state index contributed by atoms with van der Waals surface area (Å²) < 4.78 is 9.03. The third-order valence-electron chi connectivity index (χ3n) is 16.3. The molecule has 0 N–H and O–H groups in total. The summed E-state index contributed by atoms with van der Waals surface area (Å²) in [7, 11) is 0. The van der Waals surface area contributed by atoms with Gasteiger partial charge in [-0.05, 0) is 132 Å². The molecule has 0 aliphatic heterocycles. The van der Waals surface area contributed by atoms with Crippen LogP contribution < -0.4 is 0 Å². The zero-order valence-corrected chi connectivity index (χ0v) is 44.4. The van der Waals surface area contributed by atoms with Crippen molar-refractivity contribution >= 4 is 65.3 Å². The fourth-order valence-electron chi connectivity index (χ4n) is 12.1. The predicted octanol–water partition coefficient (Wildman–Crippen LogP) is 20.5. The summed E-state index contributed by atoms with van der Waals surface area (Å²) >= 11 is 0. The number of fused-ring (bicyclic) bond motifs is 9. The standard InChI is InChI=1S/C77H48N4O/c1-3-13-49(14-4-1)51-23-27-53(28-24-51)55-31-35-58(36-32-55)75-78-76(59-37-33-56(34-38-59)54-29-25-52(26-30-54)50-15-5-2-6-16-50)80-77(79-75)67-43-41-63(48-68(67)62-39-42-66-65-21-11-12-22-72(65)82-73(66)47-62)81-70-44-40-57-17-9-10-20-64(57)74(70)69-45-60-18-7-8-19-61(60)46-71(69)81/h1-48H. The van der Waals surface area contributed by atoms with Gasteiger partial charge in [0.05, 0.1) is 11.0 Å². The zero-order valence-electron chi connectivity index (χ0n) is 44.4. The van der Waals surface area contributed by atoms with Crippen LogP contribution in [-0.4, -0.2) is 19.5 Å². The summed E-state index contributed by atoms with van der Waals surface area (Å²) in [5.74, 6) is 1.72. The number of hydrogen-bond donors (Lipinski definition) is 0. The van der Waals surface area contributed by atoms with Crippen molar-refractivity contribution in [3.63, 3.8) is 0 Å². The molecular formula is C77H48N4O. The van der Waals surface area contributed by atoms with E-state index < -0.39 is 0 Å². The number of nitrogens with zero attached hydrogens (tertiary/aromatic N) is 4. The molecule has 82 heavy (non-hydrogen) atoms. The van der Waals surface area contributed by atoms with Crippen LogP contribution in [0.15, 0.2) is 296 Å². The van der Waals surface area contributed by atoms with Crippen molar-refractivity contribution < 1.29 is 4.42 Å². The van der Waals surface area contributed by atoms with Crippen LogP contribution >= 0.6 is 0 Å². The number of benzene rings is 13. The van der Waals surface area contributed by atoms with E-state index in [1.807, 2.05) is 12.1 Å². The largest absolute Gasteiger partial charge is 0.456 e. The van der Waals surface area contributed by atoms with Crippen molar-refractivity contribution in [1.82, 2.24) is 19.5 Å². The van der Waals surface area contributed by atoms with Crippen molar-refractivity contribution in [2.24, 2.45) is 0 Å². The van der Waals surface area contributed by atoms with Crippen LogP contribution in [0.4, 0.5) is 0 Å². The molecule has 0 saturated carbocycles. The molecule has 0 saturated heterocycles. The van der Waals surface area contributed by atoms with E-state index in [4.69, 9.17) is 19.4 Å². The second-order valence-corrected chi connectivity index (χ2v) is 21.1. The molecule has 16 aromatic rings. The molecule has 13 aromatic carbocycles. The molecule has 5 nitrogen and oxygen atoms in total. The molecule has 3 heterocycles. The average Bonchev–Trinajstić information content (AvgIpc) is 3.90. The normalized spacial score (nSPS) is 11.7. The molecule has 0 aliphatic carbocycles. The number of rotatable bonds is 9. The molecule has 0 spiro atoms. The molecular weight excluding hydrogens is 997 g/mol. The van der Waals surface area contributed by atoms with Gasteiger partial charge in [0.1, 0.15) is 11.2 Å². The summed E-state index contributed by atoms with van der Waals surface area (Å²) in [6.07, 6.45) is 0. The third kappa shape index (κ3) is 8.22. The molecule has 0 fully saturated rings.